The Morgan fingerprint density at radius 3 is 2.57 bits per heavy atom. The van der Waals surface area contributed by atoms with Crippen LogP contribution in [0.1, 0.15) is 47.2 Å². The first kappa shape index (κ1) is 32.2. The van der Waals surface area contributed by atoms with Crippen molar-refractivity contribution in [2.75, 3.05) is 11.6 Å². The summed E-state index contributed by atoms with van der Waals surface area (Å²) in [6.45, 7) is 1.11. The number of rotatable bonds is 11. The molecule has 3 heterocycles. The number of amides is 1. The summed E-state index contributed by atoms with van der Waals surface area (Å²) in [7, 11) is -3.61. The third kappa shape index (κ3) is 7.71. The molecule has 7 rings (SSSR count). The summed E-state index contributed by atoms with van der Waals surface area (Å²) in [5.74, 6) is 0.423. The second-order valence-corrected chi connectivity index (χ2v) is 14.0. The van der Waals surface area contributed by atoms with Crippen molar-refractivity contribution in [3.8, 4) is 5.75 Å². The van der Waals surface area contributed by atoms with E-state index >= 15 is 0 Å². The number of nitrogens with zero attached hydrogens (tertiary/aromatic N) is 5. The first-order chi connectivity index (χ1) is 23.7. The number of hydrogen-bond donors (Lipinski definition) is 3. The minimum absolute atomic E-state index is 0.0465. The molecule has 0 saturated heterocycles. The van der Waals surface area contributed by atoms with Crippen molar-refractivity contribution < 1.29 is 22.3 Å². The number of carbonyl (C=O) groups is 1. The van der Waals surface area contributed by atoms with Gasteiger partial charge in [-0.25, -0.2) is 27.0 Å². The molecule has 14 heteroatoms. The number of fused-ring (bicyclic) bond motifs is 2. The van der Waals surface area contributed by atoms with Crippen LogP contribution in [0.4, 0.5) is 15.9 Å². The summed E-state index contributed by atoms with van der Waals surface area (Å²) in [5.41, 5.74) is 4.66. The maximum Gasteiger partial charge on any atom is 0.264 e. The molecule has 12 nitrogen and oxygen atoms in total. The molecule has 3 aromatic heterocycles. The second-order valence-electron chi connectivity index (χ2n) is 12.3. The lowest BCUT2D eigenvalue weighted by atomic mass is 9.92. The summed E-state index contributed by atoms with van der Waals surface area (Å²) in [5, 5.41) is 16.9. The molecule has 49 heavy (non-hydrogen) atoms. The van der Waals surface area contributed by atoms with Gasteiger partial charge in [0.05, 0.1) is 30.6 Å². The van der Waals surface area contributed by atoms with Gasteiger partial charge >= 0.3 is 0 Å². The summed E-state index contributed by atoms with van der Waals surface area (Å²) in [6, 6.07) is 21.6. The van der Waals surface area contributed by atoms with E-state index in [1.165, 1.54) is 18.5 Å². The molecule has 3 N–H and O–H groups in total. The van der Waals surface area contributed by atoms with Crippen molar-refractivity contribution in [3.05, 3.63) is 114 Å². The zero-order valence-corrected chi connectivity index (χ0v) is 27.5. The molecule has 3 aromatic carbocycles. The van der Waals surface area contributed by atoms with Gasteiger partial charge in [-0.2, -0.15) is 10.2 Å². The number of halogens is 1. The number of sulfonamides is 1. The molecule has 0 unspecified atom stereocenters. The maximum atomic E-state index is 13.7. The van der Waals surface area contributed by atoms with Crippen molar-refractivity contribution in [1.82, 2.24) is 34.4 Å². The molecule has 6 aromatic rings. The molecule has 1 aliphatic carbocycles. The molecule has 1 saturated carbocycles. The highest BCUT2D eigenvalue weighted by Crippen LogP contribution is 2.32. The summed E-state index contributed by atoms with van der Waals surface area (Å²) < 4.78 is 48.4. The van der Waals surface area contributed by atoms with Crippen LogP contribution in [0.5, 0.6) is 5.75 Å². The van der Waals surface area contributed by atoms with Gasteiger partial charge in [-0.3, -0.25) is 9.48 Å². The van der Waals surface area contributed by atoms with E-state index in [-0.39, 0.29) is 11.9 Å². The normalized spacial score (nSPS) is 16.5. The number of aromatic nitrogens is 5. The molecule has 0 spiro atoms. The Morgan fingerprint density at radius 2 is 1.80 bits per heavy atom. The molecule has 0 atom stereocenters. The van der Waals surface area contributed by atoms with E-state index < -0.39 is 15.9 Å². The maximum absolute atomic E-state index is 13.7. The van der Waals surface area contributed by atoms with Crippen molar-refractivity contribution in [2.45, 2.75) is 50.9 Å². The molecule has 0 aliphatic heterocycles. The predicted molar refractivity (Wildman–Crippen MR) is 184 cm³/mol. The molecule has 1 fully saturated rings. The van der Waals surface area contributed by atoms with Gasteiger partial charge < -0.3 is 15.4 Å². The third-order valence-corrected chi connectivity index (χ3v) is 9.16. The SMILES string of the molecule is CS(=O)(=O)NC(=O)c1ccc(CNC2CCC(Oc3ccn4ncnc(Nc5ccc6c(cnn6Cc6cccc(F)c6)c5)c34)CC2)cc1. The highest BCUT2D eigenvalue weighted by atomic mass is 32.2. The average molecular weight is 683 g/mol. The summed E-state index contributed by atoms with van der Waals surface area (Å²) >= 11 is 0. The highest BCUT2D eigenvalue weighted by Gasteiger charge is 2.24. The van der Waals surface area contributed by atoms with E-state index in [1.807, 2.05) is 58.1 Å². The molecule has 0 bridgehead atoms. The van der Waals surface area contributed by atoms with Crippen LogP contribution in [0.15, 0.2) is 91.5 Å². The lowest BCUT2D eigenvalue weighted by Crippen LogP contribution is -2.36. The van der Waals surface area contributed by atoms with E-state index in [0.29, 0.717) is 36.3 Å². The standard InChI is InChI=1S/C35H35FN8O4S/c1-49(46,47)42-35(45)25-7-5-23(6-8-25)19-37-28-9-12-30(13-10-28)48-32-15-16-43-33(32)34(38-22-40-43)41-29-11-14-31-26(18-29)20-39-44(31)21-24-3-2-4-27(36)17-24/h2-8,11,14-18,20,22,28,30,37H,9-10,12-13,19,21H2,1H3,(H,42,45)(H,38,40,41). The van der Waals surface area contributed by atoms with E-state index in [1.54, 1.807) is 28.9 Å². The quantitative estimate of drug-likeness (QED) is 0.168. The van der Waals surface area contributed by atoms with Gasteiger partial charge in [0, 0.05) is 41.5 Å². The van der Waals surface area contributed by atoms with Crippen LogP contribution in [-0.2, 0) is 23.1 Å². The van der Waals surface area contributed by atoms with Gasteiger partial charge in [0.15, 0.2) is 11.6 Å². The van der Waals surface area contributed by atoms with E-state index in [9.17, 15) is 17.6 Å². The van der Waals surface area contributed by atoms with E-state index in [0.717, 1.165) is 65.2 Å². The molecular weight excluding hydrogens is 648 g/mol. The molecule has 0 radical (unpaired) electrons. The van der Waals surface area contributed by atoms with Gasteiger partial charge in [-0.15, -0.1) is 0 Å². The fourth-order valence-corrected chi connectivity index (χ4v) is 6.63. The molecule has 1 aliphatic rings. The minimum atomic E-state index is -3.61. The van der Waals surface area contributed by atoms with Crippen molar-refractivity contribution in [2.24, 2.45) is 0 Å². The lowest BCUT2D eigenvalue weighted by Gasteiger charge is -2.29. The first-order valence-electron chi connectivity index (χ1n) is 16.0. The Kier molecular flexibility index (Phi) is 8.97. The predicted octanol–water partition coefficient (Wildman–Crippen LogP) is 5.18. The Hall–Kier alpha value is -5.34. The summed E-state index contributed by atoms with van der Waals surface area (Å²) in [4.78, 5) is 16.6. The van der Waals surface area contributed by atoms with Crippen LogP contribution in [0.2, 0.25) is 0 Å². The summed E-state index contributed by atoms with van der Waals surface area (Å²) in [6.07, 6.45) is 9.81. The van der Waals surface area contributed by atoms with Gasteiger partial charge in [0.2, 0.25) is 10.0 Å². The van der Waals surface area contributed by atoms with Crippen molar-refractivity contribution in [1.29, 1.82) is 0 Å². The second kappa shape index (κ2) is 13.6. The fourth-order valence-electron chi connectivity index (χ4n) is 6.18. The van der Waals surface area contributed by atoms with Crippen molar-refractivity contribution >= 4 is 43.9 Å². The largest absolute Gasteiger partial charge is 0.488 e. The van der Waals surface area contributed by atoms with Gasteiger partial charge in [-0.1, -0.05) is 24.3 Å². The van der Waals surface area contributed by atoms with Crippen LogP contribution < -0.4 is 20.1 Å². The van der Waals surface area contributed by atoms with Crippen molar-refractivity contribution in [3.63, 3.8) is 0 Å². The number of nitrogens with one attached hydrogen (secondary N) is 3. The third-order valence-electron chi connectivity index (χ3n) is 8.60. The first-order valence-corrected chi connectivity index (χ1v) is 17.9. The topological polar surface area (TPSA) is 145 Å². The average Bonchev–Trinajstić information content (AvgIpc) is 3.68. The molecular formula is C35H35FN8O4S. The fraction of sp³-hybridized carbons (Fsp3) is 0.257. The zero-order valence-electron chi connectivity index (χ0n) is 26.7. The number of ether oxygens (including phenoxy) is 1. The highest BCUT2D eigenvalue weighted by molar-refractivity contribution is 7.89. The number of hydrogen-bond acceptors (Lipinski definition) is 9. The lowest BCUT2D eigenvalue weighted by molar-refractivity contribution is 0.0981. The smallest absolute Gasteiger partial charge is 0.264 e. The molecule has 252 valence electrons. The van der Waals surface area contributed by atoms with Crippen LogP contribution in [0.25, 0.3) is 16.4 Å². The minimum Gasteiger partial charge on any atom is -0.488 e. The Balaban J connectivity index is 0.956. The van der Waals surface area contributed by atoms with Crippen LogP contribution in [0.3, 0.4) is 0 Å². The Labute approximate surface area is 282 Å². The molecule has 1 amide bonds. The Morgan fingerprint density at radius 1 is 0.980 bits per heavy atom. The van der Waals surface area contributed by atoms with E-state index in [2.05, 4.69) is 25.8 Å². The van der Waals surface area contributed by atoms with Gasteiger partial charge in [-0.05, 0) is 79.3 Å². The monoisotopic (exact) mass is 682 g/mol. The van der Waals surface area contributed by atoms with Crippen LogP contribution in [0, 0.1) is 5.82 Å². The van der Waals surface area contributed by atoms with E-state index in [4.69, 9.17) is 4.74 Å². The number of anilines is 2. The zero-order chi connectivity index (χ0) is 34.0. The van der Waals surface area contributed by atoms with Gasteiger partial charge in [0.1, 0.15) is 17.7 Å². The number of benzene rings is 3. The van der Waals surface area contributed by atoms with Crippen LogP contribution in [-0.4, -0.2) is 57.1 Å². The van der Waals surface area contributed by atoms with Gasteiger partial charge in [0.25, 0.3) is 5.91 Å². The number of carbonyl (C=O) groups excluding carboxylic acids is 1. The van der Waals surface area contributed by atoms with Crippen LogP contribution >= 0.6 is 0 Å². The Bertz CT molecular complexity index is 2230.